The molecule has 1 amide bonds. The molecule has 28 heavy (non-hydrogen) atoms. The summed E-state index contributed by atoms with van der Waals surface area (Å²) in [5, 5.41) is 5.49. The molecule has 0 fully saturated rings. The molecule has 2 rings (SSSR count). The van der Waals surface area contributed by atoms with E-state index in [-0.39, 0.29) is 12.5 Å². The van der Waals surface area contributed by atoms with Gasteiger partial charge in [-0.3, -0.25) is 4.79 Å². The van der Waals surface area contributed by atoms with Crippen molar-refractivity contribution >= 4 is 17.8 Å². The van der Waals surface area contributed by atoms with E-state index in [1.807, 2.05) is 0 Å². The number of aromatic nitrogens is 1. The average Bonchev–Trinajstić information content (AvgIpc) is 2.69. The largest absolute Gasteiger partial charge is 0.497 e. The Morgan fingerprint density at radius 1 is 1.14 bits per heavy atom. The zero-order chi connectivity index (χ0) is 20.6. The maximum absolute atomic E-state index is 12.5. The van der Waals surface area contributed by atoms with E-state index in [0.717, 1.165) is 12.3 Å². The van der Waals surface area contributed by atoms with Gasteiger partial charge in [-0.05, 0) is 30.3 Å². The monoisotopic (exact) mass is 395 g/mol. The third-order valence-electron chi connectivity index (χ3n) is 3.68. The van der Waals surface area contributed by atoms with E-state index in [9.17, 15) is 18.0 Å². The number of pyridine rings is 1. The van der Waals surface area contributed by atoms with E-state index in [2.05, 4.69) is 15.6 Å². The summed E-state index contributed by atoms with van der Waals surface area (Å²) < 4.78 is 47.8. The van der Waals surface area contributed by atoms with Gasteiger partial charge in [0, 0.05) is 37.0 Å². The van der Waals surface area contributed by atoms with Crippen LogP contribution < -0.4 is 20.1 Å². The first-order valence-electron chi connectivity index (χ1n) is 8.28. The van der Waals surface area contributed by atoms with Gasteiger partial charge in [-0.25, -0.2) is 4.98 Å². The highest BCUT2D eigenvalue weighted by molar-refractivity contribution is 5.92. The lowest BCUT2D eigenvalue weighted by Crippen LogP contribution is -2.27. The van der Waals surface area contributed by atoms with Crippen molar-refractivity contribution in [2.24, 2.45) is 0 Å². The fourth-order valence-electron chi connectivity index (χ4n) is 2.22. The number of ether oxygens (including phenoxy) is 2. The lowest BCUT2D eigenvalue weighted by atomic mass is 10.1. The van der Waals surface area contributed by atoms with Crippen LogP contribution in [0.4, 0.5) is 19.0 Å². The molecule has 0 aliphatic carbocycles. The number of nitrogens with one attached hydrogen (secondary N) is 2. The summed E-state index contributed by atoms with van der Waals surface area (Å²) in [5.74, 6) is 1.18. The molecule has 0 spiro atoms. The molecule has 2 aromatic rings. The third-order valence-corrected chi connectivity index (χ3v) is 3.68. The van der Waals surface area contributed by atoms with Crippen LogP contribution >= 0.6 is 0 Å². The molecular formula is C19H20F3N3O3. The molecule has 0 aliphatic rings. The molecule has 0 aliphatic heterocycles. The Bertz CT molecular complexity index is 821. The molecule has 150 valence electrons. The number of nitrogens with zero attached hydrogens (tertiary/aromatic N) is 1. The first-order valence-corrected chi connectivity index (χ1v) is 8.28. The normalized spacial score (nSPS) is 11.3. The van der Waals surface area contributed by atoms with Gasteiger partial charge in [0.2, 0.25) is 5.91 Å². The minimum atomic E-state index is -4.42. The zero-order valence-electron chi connectivity index (χ0n) is 15.3. The number of anilines is 1. The minimum Gasteiger partial charge on any atom is -0.497 e. The van der Waals surface area contributed by atoms with Crippen molar-refractivity contribution in [3.63, 3.8) is 0 Å². The fraction of sp³-hybridized carbons (Fsp3) is 0.263. The molecule has 9 heteroatoms. The summed E-state index contributed by atoms with van der Waals surface area (Å²) in [6.45, 7) is 0.579. The van der Waals surface area contributed by atoms with E-state index in [0.29, 0.717) is 29.4 Å². The van der Waals surface area contributed by atoms with Gasteiger partial charge < -0.3 is 20.1 Å². The molecule has 1 aromatic heterocycles. The van der Waals surface area contributed by atoms with Gasteiger partial charge in [-0.2, -0.15) is 13.2 Å². The molecule has 1 heterocycles. The van der Waals surface area contributed by atoms with Crippen molar-refractivity contribution in [2.75, 3.05) is 32.6 Å². The second kappa shape index (κ2) is 9.63. The van der Waals surface area contributed by atoms with E-state index in [1.54, 1.807) is 31.4 Å². The molecule has 0 saturated heterocycles. The molecule has 0 radical (unpaired) electrons. The summed E-state index contributed by atoms with van der Waals surface area (Å²) in [4.78, 5) is 15.6. The standard InChI is InChI=1S/C19H20F3N3O3/c1-27-15-6-3-13(16(11-15)28-2)4-8-18(26)24-10-9-23-17-7-5-14(12-25-17)19(20,21)22/h3-8,11-12H,9-10H2,1-2H3,(H,23,25)(H,24,26)/b8-4+. The molecule has 6 nitrogen and oxygen atoms in total. The summed E-state index contributed by atoms with van der Waals surface area (Å²) >= 11 is 0. The number of hydrogen-bond donors (Lipinski definition) is 2. The minimum absolute atomic E-state index is 0.269. The SMILES string of the molecule is COc1ccc(/C=C/C(=O)NCCNc2ccc(C(F)(F)F)cn2)c(OC)c1. The predicted molar refractivity (Wildman–Crippen MR) is 99.3 cm³/mol. The maximum atomic E-state index is 12.5. The first-order chi connectivity index (χ1) is 13.3. The van der Waals surface area contributed by atoms with Crippen LogP contribution in [0.5, 0.6) is 11.5 Å². The van der Waals surface area contributed by atoms with Crippen LogP contribution in [-0.2, 0) is 11.0 Å². The zero-order valence-corrected chi connectivity index (χ0v) is 15.3. The van der Waals surface area contributed by atoms with Crippen molar-refractivity contribution in [3.8, 4) is 11.5 Å². The topological polar surface area (TPSA) is 72.5 Å². The highest BCUT2D eigenvalue weighted by atomic mass is 19.4. The van der Waals surface area contributed by atoms with Crippen molar-refractivity contribution in [1.82, 2.24) is 10.3 Å². The van der Waals surface area contributed by atoms with E-state index < -0.39 is 11.7 Å². The summed E-state index contributed by atoms with van der Waals surface area (Å²) in [5.41, 5.74) is -0.101. The Morgan fingerprint density at radius 2 is 1.93 bits per heavy atom. The Kier molecular flexibility index (Phi) is 7.25. The van der Waals surface area contributed by atoms with Gasteiger partial charge in [-0.15, -0.1) is 0 Å². The Morgan fingerprint density at radius 3 is 2.54 bits per heavy atom. The molecule has 0 atom stereocenters. The summed E-state index contributed by atoms with van der Waals surface area (Å²) in [6, 6.07) is 7.40. The van der Waals surface area contributed by atoms with Crippen molar-refractivity contribution in [3.05, 3.63) is 53.7 Å². The molecule has 0 unspecified atom stereocenters. The highest BCUT2D eigenvalue weighted by Gasteiger charge is 2.30. The van der Waals surface area contributed by atoms with E-state index >= 15 is 0 Å². The van der Waals surface area contributed by atoms with Crippen molar-refractivity contribution in [2.45, 2.75) is 6.18 Å². The third kappa shape index (κ3) is 6.19. The van der Waals surface area contributed by atoms with Gasteiger partial charge in [0.05, 0.1) is 19.8 Å². The molecule has 0 bridgehead atoms. The van der Waals surface area contributed by atoms with Gasteiger partial charge in [0.25, 0.3) is 0 Å². The maximum Gasteiger partial charge on any atom is 0.417 e. The van der Waals surface area contributed by atoms with Crippen LogP contribution in [0.3, 0.4) is 0 Å². The molecule has 0 saturated carbocycles. The van der Waals surface area contributed by atoms with Gasteiger partial charge in [-0.1, -0.05) is 0 Å². The number of carbonyl (C=O) groups excluding carboxylic acids is 1. The number of rotatable bonds is 8. The number of hydrogen-bond acceptors (Lipinski definition) is 5. The van der Waals surface area contributed by atoms with Crippen LogP contribution in [-0.4, -0.2) is 38.2 Å². The van der Waals surface area contributed by atoms with Gasteiger partial charge in [0.1, 0.15) is 17.3 Å². The quantitative estimate of drug-likeness (QED) is 0.530. The summed E-state index contributed by atoms with van der Waals surface area (Å²) in [6.07, 6.45) is -0.691. The van der Waals surface area contributed by atoms with Crippen molar-refractivity contribution in [1.29, 1.82) is 0 Å². The molecule has 1 aromatic carbocycles. The van der Waals surface area contributed by atoms with Crippen LogP contribution in [0.1, 0.15) is 11.1 Å². The number of amides is 1. The number of methoxy groups -OCH3 is 2. The number of carbonyl (C=O) groups is 1. The van der Waals surface area contributed by atoms with Gasteiger partial charge >= 0.3 is 6.18 Å². The second-order valence-electron chi connectivity index (χ2n) is 5.59. The summed E-state index contributed by atoms with van der Waals surface area (Å²) in [7, 11) is 3.07. The van der Waals surface area contributed by atoms with Crippen LogP contribution in [0, 0.1) is 0 Å². The second-order valence-corrected chi connectivity index (χ2v) is 5.59. The van der Waals surface area contributed by atoms with E-state index in [4.69, 9.17) is 9.47 Å². The van der Waals surface area contributed by atoms with Crippen LogP contribution in [0.25, 0.3) is 6.08 Å². The Hall–Kier alpha value is -3.23. The fourth-order valence-corrected chi connectivity index (χ4v) is 2.22. The average molecular weight is 395 g/mol. The lowest BCUT2D eigenvalue weighted by Gasteiger charge is -2.09. The van der Waals surface area contributed by atoms with E-state index in [1.165, 1.54) is 19.3 Å². The Labute approximate surface area is 160 Å². The lowest BCUT2D eigenvalue weighted by molar-refractivity contribution is -0.137. The predicted octanol–water partition coefficient (Wildman–Crippen LogP) is 3.36. The van der Waals surface area contributed by atoms with Crippen LogP contribution in [0.15, 0.2) is 42.6 Å². The first kappa shape index (κ1) is 21.1. The number of halogens is 3. The van der Waals surface area contributed by atoms with Crippen LogP contribution in [0.2, 0.25) is 0 Å². The Balaban J connectivity index is 1.79. The van der Waals surface area contributed by atoms with Gasteiger partial charge in [0.15, 0.2) is 0 Å². The molecule has 2 N–H and O–H groups in total. The van der Waals surface area contributed by atoms with Crippen molar-refractivity contribution < 1.29 is 27.4 Å². The smallest absolute Gasteiger partial charge is 0.417 e. The highest BCUT2D eigenvalue weighted by Crippen LogP contribution is 2.28. The molecular weight excluding hydrogens is 375 g/mol. The number of alkyl halides is 3. The number of benzene rings is 1.